The molecule has 4 aliphatic rings. The molecule has 4 saturated carbocycles. The molecule has 2 aromatic rings. The van der Waals surface area contributed by atoms with Gasteiger partial charge in [0.05, 0.1) is 0 Å². The first kappa shape index (κ1) is 15.4. The first-order valence-electron chi connectivity index (χ1n) is 9.52. The van der Waals surface area contributed by atoms with Gasteiger partial charge in [0.15, 0.2) is 0 Å². The molecule has 4 fully saturated rings. The van der Waals surface area contributed by atoms with Gasteiger partial charge < -0.3 is 0 Å². The number of nitrogens with one attached hydrogen (secondary N) is 1. The number of hydrogen-bond donors (Lipinski definition) is 2. The van der Waals surface area contributed by atoms with Crippen molar-refractivity contribution in [2.45, 2.75) is 50.4 Å². The van der Waals surface area contributed by atoms with Crippen LogP contribution in [0.5, 0.6) is 0 Å². The van der Waals surface area contributed by atoms with Crippen LogP contribution < -0.4 is 5.48 Å². The van der Waals surface area contributed by atoms with Crippen molar-refractivity contribution in [1.82, 2.24) is 5.48 Å². The summed E-state index contributed by atoms with van der Waals surface area (Å²) in [6.45, 7) is 0. The fraction of sp³-hybridized carbons (Fsp3) is 0.500. The van der Waals surface area contributed by atoms with Gasteiger partial charge in [-0.2, -0.15) is 0 Å². The molecule has 3 heteroatoms. The van der Waals surface area contributed by atoms with Crippen molar-refractivity contribution in [3.63, 3.8) is 0 Å². The number of carbonyl (C=O) groups excluding carboxylic acids is 1. The molecule has 4 bridgehead atoms. The normalized spacial score (nSPS) is 35.9. The van der Waals surface area contributed by atoms with Crippen molar-refractivity contribution >= 4 is 16.7 Å². The molecule has 0 aromatic heterocycles. The van der Waals surface area contributed by atoms with Crippen LogP contribution >= 0.6 is 0 Å². The van der Waals surface area contributed by atoms with Gasteiger partial charge in [-0.1, -0.05) is 42.5 Å². The van der Waals surface area contributed by atoms with E-state index in [1.807, 2.05) is 5.48 Å². The molecule has 4 atom stereocenters. The molecule has 0 aliphatic heterocycles. The van der Waals surface area contributed by atoms with Crippen molar-refractivity contribution in [1.29, 1.82) is 0 Å². The Morgan fingerprint density at radius 2 is 1.76 bits per heavy atom. The molecule has 0 saturated heterocycles. The van der Waals surface area contributed by atoms with E-state index in [1.54, 1.807) is 0 Å². The van der Waals surface area contributed by atoms with Crippen molar-refractivity contribution in [3.05, 3.63) is 48.0 Å². The van der Waals surface area contributed by atoms with Gasteiger partial charge in [0.25, 0.3) is 0 Å². The molecule has 130 valence electrons. The van der Waals surface area contributed by atoms with Crippen molar-refractivity contribution in [2.75, 3.05) is 0 Å². The second-order valence-corrected chi connectivity index (χ2v) is 9.02. The molecule has 0 heterocycles. The van der Waals surface area contributed by atoms with Gasteiger partial charge in [0.2, 0.25) is 5.91 Å². The quantitative estimate of drug-likeness (QED) is 0.637. The number of benzene rings is 2. The van der Waals surface area contributed by atoms with Crippen LogP contribution in [-0.4, -0.2) is 11.1 Å². The number of amides is 1. The second kappa shape index (κ2) is 5.31. The first-order valence-corrected chi connectivity index (χ1v) is 9.52. The third kappa shape index (κ3) is 2.40. The summed E-state index contributed by atoms with van der Waals surface area (Å²) in [5, 5.41) is 11.7. The summed E-state index contributed by atoms with van der Waals surface area (Å²) in [6, 6.07) is 15.6. The van der Waals surface area contributed by atoms with Crippen LogP contribution in [-0.2, 0) is 10.2 Å². The molecule has 25 heavy (non-hydrogen) atoms. The van der Waals surface area contributed by atoms with E-state index in [0.717, 1.165) is 31.1 Å². The van der Waals surface area contributed by atoms with Gasteiger partial charge in [0.1, 0.15) is 0 Å². The molecule has 0 spiro atoms. The number of fused-ring (bicyclic) bond motifs is 1. The van der Waals surface area contributed by atoms with Crippen LogP contribution in [0.15, 0.2) is 42.5 Å². The predicted octanol–water partition coefficient (Wildman–Crippen LogP) is 4.57. The highest BCUT2D eigenvalue weighted by molar-refractivity contribution is 5.83. The Balaban J connectivity index is 1.56. The predicted molar refractivity (Wildman–Crippen MR) is 97.3 cm³/mol. The van der Waals surface area contributed by atoms with Crippen molar-refractivity contribution in [3.8, 4) is 0 Å². The van der Waals surface area contributed by atoms with Crippen molar-refractivity contribution in [2.24, 2.45) is 17.3 Å². The molecule has 6 rings (SSSR count). The maximum Gasteiger partial charge on any atom is 0.243 e. The van der Waals surface area contributed by atoms with Gasteiger partial charge in [0, 0.05) is 6.42 Å². The van der Waals surface area contributed by atoms with Crippen LogP contribution in [0.4, 0.5) is 0 Å². The number of hydrogen-bond acceptors (Lipinski definition) is 2. The Labute approximate surface area is 148 Å². The van der Waals surface area contributed by atoms with E-state index in [4.69, 9.17) is 5.21 Å². The summed E-state index contributed by atoms with van der Waals surface area (Å²) in [6.07, 6.45) is 7.76. The summed E-state index contributed by atoms with van der Waals surface area (Å²) in [5.74, 6) is 1.26. The molecule has 0 radical (unpaired) electrons. The zero-order chi connectivity index (χ0) is 17.1. The SMILES string of the molecule is O=C(CC12C[C@H]3C[C@@H](C1)CC(c1ccc4ccccc4c1)(C3)C2)NO. The standard InChI is InChI=1S/C22H25NO2/c24-20(23-25)13-21-9-15-7-16(10-21)12-22(11-15,14-21)19-6-5-17-3-1-2-4-18(17)8-19/h1-6,8,15-16,25H,7,9-14H2,(H,23,24)/t15-,16+,21?,22?. The lowest BCUT2D eigenvalue weighted by atomic mass is 9.42. The monoisotopic (exact) mass is 335 g/mol. The van der Waals surface area contributed by atoms with Crippen LogP contribution in [0.25, 0.3) is 10.8 Å². The highest BCUT2D eigenvalue weighted by Crippen LogP contribution is 2.66. The molecule has 2 aromatic carbocycles. The van der Waals surface area contributed by atoms with E-state index in [2.05, 4.69) is 42.5 Å². The lowest BCUT2D eigenvalue weighted by molar-refractivity contribution is -0.139. The highest BCUT2D eigenvalue weighted by Gasteiger charge is 2.58. The van der Waals surface area contributed by atoms with E-state index < -0.39 is 0 Å². The molecule has 4 aliphatic carbocycles. The minimum absolute atomic E-state index is 0.0859. The maximum absolute atomic E-state index is 12.0. The summed E-state index contributed by atoms with van der Waals surface area (Å²) < 4.78 is 0. The van der Waals surface area contributed by atoms with E-state index in [9.17, 15) is 4.79 Å². The summed E-state index contributed by atoms with van der Waals surface area (Å²) in [5.41, 5.74) is 3.66. The van der Waals surface area contributed by atoms with Gasteiger partial charge in [-0.05, 0) is 77.5 Å². The van der Waals surface area contributed by atoms with Crippen molar-refractivity contribution < 1.29 is 10.0 Å². The van der Waals surface area contributed by atoms with Crippen LogP contribution in [0, 0.1) is 17.3 Å². The molecule has 1 amide bonds. The van der Waals surface area contributed by atoms with E-state index in [-0.39, 0.29) is 16.7 Å². The Bertz CT molecular complexity index is 829. The highest BCUT2D eigenvalue weighted by atomic mass is 16.5. The summed E-state index contributed by atoms with van der Waals surface area (Å²) in [7, 11) is 0. The van der Waals surface area contributed by atoms with Crippen LogP contribution in [0.2, 0.25) is 0 Å². The fourth-order valence-electron chi connectivity index (χ4n) is 6.90. The topological polar surface area (TPSA) is 49.3 Å². The lowest BCUT2D eigenvalue weighted by Gasteiger charge is -2.62. The van der Waals surface area contributed by atoms with E-state index in [1.165, 1.54) is 35.6 Å². The number of carbonyl (C=O) groups is 1. The summed E-state index contributed by atoms with van der Waals surface area (Å²) in [4.78, 5) is 12.0. The van der Waals surface area contributed by atoms with Gasteiger partial charge >= 0.3 is 0 Å². The molecular weight excluding hydrogens is 310 g/mol. The minimum atomic E-state index is -0.212. The second-order valence-electron chi connectivity index (χ2n) is 9.02. The molecular formula is C22H25NO2. The zero-order valence-electron chi connectivity index (χ0n) is 14.5. The number of rotatable bonds is 3. The Morgan fingerprint density at radius 3 is 2.48 bits per heavy atom. The molecule has 2 unspecified atom stereocenters. The average molecular weight is 335 g/mol. The molecule has 2 N–H and O–H groups in total. The smallest absolute Gasteiger partial charge is 0.243 e. The van der Waals surface area contributed by atoms with Gasteiger partial charge in [-0.15, -0.1) is 0 Å². The Hall–Kier alpha value is -1.87. The van der Waals surface area contributed by atoms with Crippen LogP contribution in [0.1, 0.15) is 50.5 Å². The van der Waals surface area contributed by atoms with Gasteiger partial charge in [-0.3, -0.25) is 10.0 Å². The third-order valence-electron chi connectivity index (χ3n) is 7.20. The van der Waals surface area contributed by atoms with Crippen LogP contribution in [0.3, 0.4) is 0 Å². The van der Waals surface area contributed by atoms with E-state index >= 15 is 0 Å². The third-order valence-corrected chi connectivity index (χ3v) is 7.20. The zero-order valence-corrected chi connectivity index (χ0v) is 14.5. The maximum atomic E-state index is 12.0. The first-order chi connectivity index (χ1) is 12.1. The van der Waals surface area contributed by atoms with E-state index in [0.29, 0.717) is 6.42 Å². The van der Waals surface area contributed by atoms with Gasteiger partial charge in [-0.25, -0.2) is 5.48 Å². The molecule has 3 nitrogen and oxygen atoms in total. The fourth-order valence-corrected chi connectivity index (χ4v) is 6.90. The number of hydroxylamine groups is 1. The Kier molecular flexibility index (Phi) is 3.27. The minimum Gasteiger partial charge on any atom is -0.289 e. The largest absolute Gasteiger partial charge is 0.289 e. The average Bonchev–Trinajstić information content (AvgIpc) is 2.59. The Morgan fingerprint density at radius 1 is 1.04 bits per heavy atom. The summed E-state index contributed by atoms with van der Waals surface area (Å²) >= 11 is 0. The lowest BCUT2D eigenvalue weighted by Crippen LogP contribution is -2.55.